The van der Waals surface area contributed by atoms with Crippen molar-refractivity contribution in [1.82, 2.24) is 20.3 Å². The number of amides is 1. The Kier molecular flexibility index (Phi) is 5.12. The van der Waals surface area contributed by atoms with Gasteiger partial charge in [0.15, 0.2) is 0 Å². The van der Waals surface area contributed by atoms with Gasteiger partial charge in [0.2, 0.25) is 11.8 Å². The number of hydrogen-bond donors (Lipinski definition) is 1. The molecule has 0 spiro atoms. The maximum absolute atomic E-state index is 12.1. The van der Waals surface area contributed by atoms with Gasteiger partial charge in [0, 0.05) is 30.4 Å². The van der Waals surface area contributed by atoms with Crippen LogP contribution < -0.4 is 10.1 Å². The van der Waals surface area contributed by atoms with Crippen LogP contribution in [-0.2, 0) is 17.8 Å². The molecule has 0 fully saturated rings. The first-order valence-corrected chi connectivity index (χ1v) is 8.24. The molecule has 0 unspecified atom stereocenters. The molecule has 3 aromatic heterocycles. The zero-order valence-corrected chi connectivity index (χ0v) is 13.9. The van der Waals surface area contributed by atoms with Gasteiger partial charge >= 0.3 is 0 Å². The first kappa shape index (κ1) is 16.1. The highest BCUT2D eigenvalue weighted by atomic mass is 32.1. The lowest BCUT2D eigenvalue weighted by atomic mass is 10.2. The molecule has 0 aliphatic heterocycles. The zero-order chi connectivity index (χ0) is 16.8. The molecule has 0 aliphatic rings. The van der Waals surface area contributed by atoms with Gasteiger partial charge in [0.25, 0.3) is 0 Å². The second-order valence-corrected chi connectivity index (χ2v) is 5.88. The average Bonchev–Trinajstić information content (AvgIpc) is 3.09. The third kappa shape index (κ3) is 4.14. The largest absolute Gasteiger partial charge is 0.481 e. The summed E-state index contributed by atoms with van der Waals surface area (Å²) in [6.07, 6.45) is 3.62. The van der Waals surface area contributed by atoms with Gasteiger partial charge in [-0.2, -0.15) is 0 Å². The average molecular weight is 340 g/mol. The highest BCUT2D eigenvalue weighted by Crippen LogP contribution is 2.21. The van der Waals surface area contributed by atoms with E-state index in [4.69, 9.17) is 4.74 Å². The molecule has 0 saturated heterocycles. The van der Waals surface area contributed by atoms with Gasteiger partial charge in [-0.3, -0.25) is 9.78 Å². The van der Waals surface area contributed by atoms with Crippen molar-refractivity contribution in [2.45, 2.75) is 13.0 Å². The summed E-state index contributed by atoms with van der Waals surface area (Å²) in [6, 6.07) is 9.31. The van der Waals surface area contributed by atoms with Gasteiger partial charge in [0.1, 0.15) is 5.01 Å². The fourth-order valence-corrected chi connectivity index (χ4v) is 2.89. The molecule has 0 radical (unpaired) electrons. The van der Waals surface area contributed by atoms with E-state index in [-0.39, 0.29) is 12.3 Å². The van der Waals surface area contributed by atoms with Crippen LogP contribution in [0.15, 0.2) is 48.1 Å². The number of methoxy groups -OCH3 is 1. The summed E-state index contributed by atoms with van der Waals surface area (Å²) >= 11 is 1.49. The van der Waals surface area contributed by atoms with Crippen LogP contribution in [0.5, 0.6) is 5.88 Å². The molecule has 1 amide bonds. The topological polar surface area (TPSA) is 77.0 Å². The number of thiazole rings is 1. The molecule has 24 heavy (non-hydrogen) atoms. The van der Waals surface area contributed by atoms with E-state index in [1.807, 2.05) is 29.6 Å². The third-order valence-corrected chi connectivity index (χ3v) is 4.19. The van der Waals surface area contributed by atoms with Crippen molar-refractivity contribution in [3.05, 3.63) is 59.4 Å². The Morgan fingerprint density at radius 1 is 1.25 bits per heavy atom. The first-order valence-electron chi connectivity index (χ1n) is 7.36. The van der Waals surface area contributed by atoms with Crippen molar-refractivity contribution in [2.75, 3.05) is 7.11 Å². The molecule has 0 bridgehead atoms. The molecule has 3 aromatic rings. The smallest absolute Gasteiger partial charge is 0.226 e. The summed E-state index contributed by atoms with van der Waals surface area (Å²) in [5.74, 6) is 0.449. The van der Waals surface area contributed by atoms with Crippen LogP contribution in [0.3, 0.4) is 0 Å². The number of aromatic nitrogens is 3. The summed E-state index contributed by atoms with van der Waals surface area (Å²) < 4.78 is 5.06. The second kappa shape index (κ2) is 7.65. The monoisotopic (exact) mass is 340 g/mol. The predicted octanol–water partition coefficient (Wildman–Crippen LogP) is 2.47. The third-order valence-electron chi connectivity index (χ3n) is 3.28. The van der Waals surface area contributed by atoms with Gasteiger partial charge < -0.3 is 10.1 Å². The first-order chi connectivity index (χ1) is 11.7. The predicted molar refractivity (Wildman–Crippen MR) is 91.7 cm³/mol. The Balaban J connectivity index is 1.56. The number of ether oxygens (including phenoxy) is 1. The second-order valence-electron chi connectivity index (χ2n) is 5.02. The van der Waals surface area contributed by atoms with E-state index in [1.165, 1.54) is 11.3 Å². The number of pyridine rings is 2. The van der Waals surface area contributed by atoms with E-state index in [2.05, 4.69) is 20.3 Å². The number of hydrogen-bond acceptors (Lipinski definition) is 6. The van der Waals surface area contributed by atoms with Crippen molar-refractivity contribution >= 4 is 17.2 Å². The number of carbonyl (C=O) groups excluding carboxylic acids is 1. The standard InChI is InChI=1S/C17H16N4O2S/c1-23-16-8-12(5-7-19-16)10-20-15(22)9-13-11-24-17(21-13)14-4-2-3-6-18-14/h2-8,11H,9-10H2,1H3,(H,20,22). The highest BCUT2D eigenvalue weighted by Gasteiger charge is 2.09. The van der Waals surface area contributed by atoms with E-state index < -0.39 is 0 Å². The fourth-order valence-electron chi connectivity index (χ4n) is 2.09. The molecule has 6 nitrogen and oxygen atoms in total. The van der Waals surface area contributed by atoms with E-state index in [9.17, 15) is 4.79 Å². The Bertz CT molecular complexity index is 820. The summed E-state index contributed by atoms with van der Waals surface area (Å²) in [7, 11) is 1.56. The molecule has 0 aliphatic carbocycles. The molecular weight excluding hydrogens is 324 g/mol. The maximum Gasteiger partial charge on any atom is 0.226 e. The van der Waals surface area contributed by atoms with Gasteiger partial charge in [0.05, 0.1) is 24.9 Å². The van der Waals surface area contributed by atoms with Crippen LogP contribution in [0.1, 0.15) is 11.3 Å². The van der Waals surface area contributed by atoms with Crippen molar-refractivity contribution in [2.24, 2.45) is 0 Å². The van der Waals surface area contributed by atoms with Crippen molar-refractivity contribution in [3.8, 4) is 16.6 Å². The number of nitrogens with zero attached hydrogens (tertiary/aromatic N) is 3. The summed E-state index contributed by atoms with van der Waals surface area (Å²) in [6.45, 7) is 0.426. The van der Waals surface area contributed by atoms with Gasteiger partial charge in [-0.05, 0) is 23.8 Å². The lowest BCUT2D eigenvalue weighted by Crippen LogP contribution is -2.24. The van der Waals surface area contributed by atoms with Crippen LogP contribution >= 0.6 is 11.3 Å². The molecule has 0 atom stereocenters. The van der Waals surface area contributed by atoms with Gasteiger partial charge in [-0.1, -0.05) is 6.07 Å². The maximum atomic E-state index is 12.1. The minimum atomic E-state index is -0.0800. The molecule has 122 valence electrons. The van der Waals surface area contributed by atoms with Crippen LogP contribution in [0.25, 0.3) is 10.7 Å². The molecule has 1 N–H and O–H groups in total. The minimum Gasteiger partial charge on any atom is -0.481 e. The van der Waals surface area contributed by atoms with Crippen molar-refractivity contribution in [3.63, 3.8) is 0 Å². The van der Waals surface area contributed by atoms with Crippen LogP contribution in [0.2, 0.25) is 0 Å². The Morgan fingerprint density at radius 3 is 2.96 bits per heavy atom. The molecule has 7 heteroatoms. The Hall–Kier alpha value is -2.80. The van der Waals surface area contributed by atoms with E-state index in [0.29, 0.717) is 12.4 Å². The Labute approximate surface area is 143 Å². The zero-order valence-electron chi connectivity index (χ0n) is 13.1. The van der Waals surface area contributed by atoms with Crippen LogP contribution in [-0.4, -0.2) is 28.0 Å². The summed E-state index contributed by atoms with van der Waals surface area (Å²) in [4.78, 5) is 24.8. The van der Waals surface area contributed by atoms with Crippen molar-refractivity contribution in [1.29, 1.82) is 0 Å². The number of carbonyl (C=O) groups is 1. The SMILES string of the molecule is COc1cc(CNC(=O)Cc2csc(-c3ccccn3)n2)ccn1. The van der Waals surface area contributed by atoms with E-state index >= 15 is 0 Å². The normalized spacial score (nSPS) is 10.4. The number of nitrogens with one attached hydrogen (secondary N) is 1. The van der Waals surface area contributed by atoms with E-state index in [0.717, 1.165) is 22.0 Å². The lowest BCUT2D eigenvalue weighted by molar-refractivity contribution is -0.120. The molecule has 3 rings (SSSR count). The summed E-state index contributed by atoms with van der Waals surface area (Å²) in [5.41, 5.74) is 2.49. The quantitative estimate of drug-likeness (QED) is 0.746. The number of rotatable bonds is 6. The van der Waals surface area contributed by atoms with E-state index in [1.54, 1.807) is 25.6 Å². The fraction of sp³-hybridized carbons (Fsp3) is 0.176. The Morgan fingerprint density at radius 2 is 2.17 bits per heavy atom. The molecule has 0 aromatic carbocycles. The van der Waals surface area contributed by atoms with Crippen LogP contribution in [0, 0.1) is 0 Å². The minimum absolute atomic E-state index is 0.0800. The molecular formula is C17H16N4O2S. The van der Waals surface area contributed by atoms with Crippen LogP contribution in [0.4, 0.5) is 0 Å². The van der Waals surface area contributed by atoms with Crippen molar-refractivity contribution < 1.29 is 9.53 Å². The molecule has 0 saturated carbocycles. The highest BCUT2D eigenvalue weighted by molar-refractivity contribution is 7.13. The summed E-state index contributed by atoms with van der Waals surface area (Å²) in [5, 5.41) is 5.58. The lowest BCUT2D eigenvalue weighted by Gasteiger charge is -2.05. The van der Waals surface area contributed by atoms with Gasteiger partial charge in [-0.15, -0.1) is 11.3 Å². The molecule has 3 heterocycles. The van der Waals surface area contributed by atoms with Gasteiger partial charge in [-0.25, -0.2) is 9.97 Å².